The summed E-state index contributed by atoms with van der Waals surface area (Å²) >= 11 is 3.55. The smallest absolute Gasteiger partial charge is 0.205 e. The van der Waals surface area contributed by atoms with Crippen molar-refractivity contribution in [1.82, 2.24) is 0 Å². The van der Waals surface area contributed by atoms with E-state index in [1.807, 2.05) is 13.8 Å². The van der Waals surface area contributed by atoms with E-state index in [-0.39, 0.29) is 5.41 Å². The van der Waals surface area contributed by atoms with Crippen molar-refractivity contribution >= 4 is 15.9 Å². The zero-order valence-corrected chi connectivity index (χ0v) is 12.6. The van der Waals surface area contributed by atoms with Crippen LogP contribution in [0.1, 0.15) is 45.7 Å². The van der Waals surface area contributed by atoms with Crippen LogP contribution < -0.4 is 4.74 Å². The Morgan fingerprint density at radius 1 is 1.24 bits per heavy atom. The Morgan fingerprint density at radius 2 is 1.88 bits per heavy atom. The van der Waals surface area contributed by atoms with Crippen LogP contribution in [-0.4, -0.2) is 5.79 Å². The van der Waals surface area contributed by atoms with Gasteiger partial charge < -0.3 is 9.47 Å². The third-order valence-electron chi connectivity index (χ3n) is 2.86. The Morgan fingerprint density at radius 3 is 2.47 bits per heavy atom. The summed E-state index contributed by atoms with van der Waals surface area (Å²) in [4.78, 5) is 0. The Labute approximate surface area is 111 Å². The normalized spacial score (nSPS) is 18.5. The van der Waals surface area contributed by atoms with Gasteiger partial charge in [0.15, 0.2) is 0 Å². The van der Waals surface area contributed by atoms with Crippen LogP contribution >= 0.6 is 15.9 Å². The van der Waals surface area contributed by atoms with E-state index in [1.165, 1.54) is 5.56 Å². The molecule has 1 heterocycles. The molecule has 0 spiro atoms. The fourth-order valence-corrected chi connectivity index (χ4v) is 2.47. The van der Waals surface area contributed by atoms with E-state index in [0.29, 0.717) is 6.61 Å². The molecule has 17 heavy (non-hydrogen) atoms. The van der Waals surface area contributed by atoms with Gasteiger partial charge in [0.25, 0.3) is 0 Å². The quantitative estimate of drug-likeness (QED) is 0.707. The maximum atomic E-state index is 5.99. The number of benzene rings is 1. The minimum atomic E-state index is -0.541. The molecule has 2 rings (SSSR count). The maximum Gasteiger partial charge on any atom is 0.205 e. The average Bonchev–Trinajstić information content (AvgIpc) is 2.15. The zero-order chi connectivity index (χ0) is 12.8. The van der Waals surface area contributed by atoms with Crippen molar-refractivity contribution in [3.8, 4) is 5.75 Å². The Kier molecular flexibility index (Phi) is 3.03. The van der Waals surface area contributed by atoms with Crippen molar-refractivity contribution in [2.45, 2.75) is 52.4 Å². The first-order valence-corrected chi connectivity index (χ1v) is 6.64. The molecule has 0 radical (unpaired) electrons. The molecule has 0 amide bonds. The van der Waals surface area contributed by atoms with Crippen molar-refractivity contribution in [2.24, 2.45) is 0 Å². The average molecular weight is 299 g/mol. The summed E-state index contributed by atoms with van der Waals surface area (Å²) in [6.45, 7) is 11.1. The molecule has 1 aliphatic rings. The summed E-state index contributed by atoms with van der Waals surface area (Å²) in [5.41, 5.74) is 2.39. The third-order valence-corrected chi connectivity index (χ3v) is 3.32. The molecular formula is C14H19BrO2. The van der Waals surface area contributed by atoms with E-state index in [1.54, 1.807) is 0 Å². The van der Waals surface area contributed by atoms with Crippen molar-refractivity contribution in [1.29, 1.82) is 0 Å². The van der Waals surface area contributed by atoms with Crippen LogP contribution in [0.15, 0.2) is 16.6 Å². The first-order chi connectivity index (χ1) is 7.69. The lowest BCUT2D eigenvalue weighted by atomic mass is 9.85. The van der Waals surface area contributed by atoms with E-state index in [0.717, 1.165) is 15.8 Å². The van der Waals surface area contributed by atoms with Gasteiger partial charge in [0, 0.05) is 29.4 Å². The molecule has 0 saturated carbocycles. The monoisotopic (exact) mass is 298 g/mol. The number of halogens is 1. The van der Waals surface area contributed by atoms with Crippen LogP contribution in [0.4, 0.5) is 0 Å². The maximum absolute atomic E-state index is 5.99. The zero-order valence-electron chi connectivity index (χ0n) is 11.1. The Balaban J connectivity index is 2.58. The summed E-state index contributed by atoms with van der Waals surface area (Å²) in [6.07, 6.45) is 0. The van der Waals surface area contributed by atoms with Gasteiger partial charge in [0.05, 0.1) is 6.61 Å². The standard InChI is InChI=1S/C14H19BrO2/c1-13(2,3)11-7-10(15)6-9-8-16-14(4,5)17-12(9)11/h6-7H,8H2,1-5H3. The van der Waals surface area contributed by atoms with Crippen LogP contribution in [0, 0.1) is 0 Å². The minimum absolute atomic E-state index is 0.0568. The van der Waals surface area contributed by atoms with E-state index in [4.69, 9.17) is 9.47 Å². The lowest BCUT2D eigenvalue weighted by molar-refractivity contribution is -0.180. The van der Waals surface area contributed by atoms with Crippen LogP contribution in [0.5, 0.6) is 5.75 Å². The fourth-order valence-electron chi connectivity index (χ4n) is 1.96. The molecule has 0 atom stereocenters. The molecule has 0 aromatic heterocycles. The number of hydrogen-bond donors (Lipinski definition) is 0. The molecule has 0 saturated heterocycles. The second-order valence-electron chi connectivity index (χ2n) is 5.98. The highest BCUT2D eigenvalue weighted by Gasteiger charge is 2.32. The van der Waals surface area contributed by atoms with Gasteiger partial charge in [-0.25, -0.2) is 0 Å². The summed E-state index contributed by atoms with van der Waals surface area (Å²) in [5.74, 6) is 0.442. The third kappa shape index (κ3) is 2.66. The van der Waals surface area contributed by atoms with Crippen molar-refractivity contribution < 1.29 is 9.47 Å². The highest BCUT2D eigenvalue weighted by Crippen LogP contribution is 2.41. The van der Waals surface area contributed by atoms with Gasteiger partial charge >= 0.3 is 0 Å². The van der Waals surface area contributed by atoms with Gasteiger partial charge in [0.2, 0.25) is 5.79 Å². The van der Waals surface area contributed by atoms with Gasteiger partial charge in [-0.05, 0) is 17.5 Å². The molecule has 0 bridgehead atoms. The predicted molar refractivity (Wildman–Crippen MR) is 72.3 cm³/mol. The second kappa shape index (κ2) is 3.99. The molecule has 3 heteroatoms. The molecule has 0 aliphatic carbocycles. The predicted octanol–water partition coefficient (Wildman–Crippen LogP) is 4.39. The molecule has 94 valence electrons. The molecule has 1 aliphatic heterocycles. The minimum Gasteiger partial charge on any atom is -0.462 e. The van der Waals surface area contributed by atoms with E-state index < -0.39 is 5.79 Å². The fraction of sp³-hybridized carbons (Fsp3) is 0.571. The summed E-state index contributed by atoms with van der Waals surface area (Å²) in [6, 6.07) is 4.21. The van der Waals surface area contributed by atoms with E-state index in [9.17, 15) is 0 Å². The number of hydrogen-bond acceptors (Lipinski definition) is 2. The highest BCUT2D eigenvalue weighted by atomic mass is 79.9. The van der Waals surface area contributed by atoms with Crippen LogP contribution in [-0.2, 0) is 16.8 Å². The lowest BCUT2D eigenvalue weighted by Crippen LogP contribution is -2.36. The molecule has 2 nitrogen and oxygen atoms in total. The van der Waals surface area contributed by atoms with E-state index >= 15 is 0 Å². The van der Waals surface area contributed by atoms with Gasteiger partial charge in [0.1, 0.15) is 5.75 Å². The van der Waals surface area contributed by atoms with Gasteiger partial charge in [-0.15, -0.1) is 0 Å². The number of rotatable bonds is 0. The van der Waals surface area contributed by atoms with Crippen molar-refractivity contribution in [3.63, 3.8) is 0 Å². The largest absolute Gasteiger partial charge is 0.462 e. The SMILES string of the molecule is CC1(C)OCc2cc(Br)cc(C(C)(C)C)c2O1. The van der Waals surface area contributed by atoms with Crippen molar-refractivity contribution in [2.75, 3.05) is 0 Å². The Bertz CT molecular complexity index is 444. The van der Waals surface area contributed by atoms with Gasteiger partial charge in [-0.1, -0.05) is 36.7 Å². The highest BCUT2D eigenvalue weighted by molar-refractivity contribution is 9.10. The molecule has 0 unspecified atom stereocenters. The van der Waals surface area contributed by atoms with Crippen LogP contribution in [0.2, 0.25) is 0 Å². The van der Waals surface area contributed by atoms with Crippen molar-refractivity contribution in [3.05, 3.63) is 27.7 Å². The summed E-state index contributed by atoms with van der Waals surface area (Å²) < 4.78 is 12.7. The first-order valence-electron chi connectivity index (χ1n) is 5.85. The first kappa shape index (κ1) is 12.9. The second-order valence-corrected chi connectivity index (χ2v) is 6.90. The molecule has 0 fully saturated rings. The lowest BCUT2D eigenvalue weighted by Gasteiger charge is -2.36. The van der Waals surface area contributed by atoms with Crippen LogP contribution in [0.3, 0.4) is 0 Å². The molecule has 0 N–H and O–H groups in total. The molecular weight excluding hydrogens is 280 g/mol. The topological polar surface area (TPSA) is 18.5 Å². The Hall–Kier alpha value is -0.540. The molecule has 1 aromatic rings. The van der Waals surface area contributed by atoms with Crippen LogP contribution in [0.25, 0.3) is 0 Å². The molecule has 1 aromatic carbocycles. The number of fused-ring (bicyclic) bond motifs is 1. The summed E-state index contributed by atoms with van der Waals surface area (Å²) in [7, 11) is 0. The van der Waals surface area contributed by atoms with E-state index in [2.05, 4.69) is 48.8 Å². The number of ether oxygens (including phenoxy) is 2. The van der Waals surface area contributed by atoms with Gasteiger partial charge in [-0.2, -0.15) is 0 Å². The van der Waals surface area contributed by atoms with Gasteiger partial charge in [-0.3, -0.25) is 0 Å². The summed E-state index contributed by atoms with van der Waals surface area (Å²) in [5, 5.41) is 0.